The molecule has 1 heterocycles. The van der Waals surface area contributed by atoms with E-state index in [0.29, 0.717) is 13.0 Å². The zero-order valence-electron chi connectivity index (χ0n) is 11.7. The Morgan fingerprint density at radius 1 is 1.44 bits per heavy atom. The first-order valence-electron chi connectivity index (χ1n) is 6.72. The molecule has 2 N–H and O–H groups in total. The molecule has 18 heavy (non-hydrogen) atoms. The van der Waals surface area contributed by atoms with Gasteiger partial charge in [0.05, 0.1) is 5.41 Å². The van der Waals surface area contributed by atoms with Gasteiger partial charge in [0.25, 0.3) is 0 Å². The third-order valence-corrected chi connectivity index (χ3v) is 3.73. The monoisotopic (exact) mass is 255 g/mol. The van der Waals surface area contributed by atoms with Crippen LogP contribution in [0, 0.1) is 5.41 Å². The summed E-state index contributed by atoms with van der Waals surface area (Å²) in [5.74, 6) is 0.155. The second-order valence-electron chi connectivity index (χ2n) is 5.11. The number of carbonyl (C=O) groups excluding carboxylic acids is 2. The smallest absolute Gasteiger partial charge is 0.229 e. The molecule has 5 nitrogen and oxygen atoms in total. The van der Waals surface area contributed by atoms with Gasteiger partial charge >= 0.3 is 0 Å². The molecule has 1 saturated heterocycles. The first kappa shape index (κ1) is 15.0. The van der Waals surface area contributed by atoms with Crippen molar-refractivity contribution in [3.63, 3.8) is 0 Å². The van der Waals surface area contributed by atoms with Crippen molar-refractivity contribution in [3.8, 4) is 0 Å². The van der Waals surface area contributed by atoms with E-state index < -0.39 is 0 Å². The second-order valence-corrected chi connectivity index (χ2v) is 5.11. The largest absolute Gasteiger partial charge is 0.359 e. The molecule has 5 heteroatoms. The fourth-order valence-corrected chi connectivity index (χ4v) is 2.63. The van der Waals surface area contributed by atoms with E-state index in [9.17, 15) is 9.59 Å². The summed E-state index contributed by atoms with van der Waals surface area (Å²) in [5.41, 5.74) is -0.244. The third kappa shape index (κ3) is 3.45. The molecule has 0 spiro atoms. The summed E-state index contributed by atoms with van der Waals surface area (Å²) >= 11 is 0. The molecule has 0 bridgehead atoms. The molecule has 1 aliphatic heterocycles. The lowest BCUT2D eigenvalue weighted by Gasteiger charge is -2.31. The second kappa shape index (κ2) is 6.73. The average molecular weight is 255 g/mol. The maximum Gasteiger partial charge on any atom is 0.229 e. The Hall–Kier alpha value is -1.10. The van der Waals surface area contributed by atoms with E-state index in [2.05, 4.69) is 17.6 Å². The van der Waals surface area contributed by atoms with Crippen LogP contribution < -0.4 is 10.6 Å². The zero-order chi connectivity index (χ0) is 13.6. The van der Waals surface area contributed by atoms with Crippen molar-refractivity contribution in [3.05, 3.63) is 0 Å². The van der Waals surface area contributed by atoms with Crippen LogP contribution in [0.2, 0.25) is 0 Å². The van der Waals surface area contributed by atoms with Gasteiger partial charge in [-0.1, -0.05) is 13.3 Å². The van der Waals surface area contributed by atoms with Crippen molar-refractivity contribution in [1.82, 2.24) is 15.5 Å². The van der Waals surface area contributed by atoms with Gasteiger partial charge in [-0.3, -0.25) is 9.59 Å². The van der Waals surface area contributed by atoms with Crippen molar-refractivity contribution in [2.75, 3.05) is 33.7 Å². The van der Waals surface area contributed by atoms with Crippen molar-refractivity contribution in [2.45, 2.75) is 32.6 Å². The number of amides is 2. The van der Waals surface area contributed by atoms with Crippen LogP contribution >= 0.6 is 0 Å². The van der Waals surface area contributed by atoms with Gasteiger partial charge in [0.2, 0.25) is 11.8 Å². The molecule has 0 aromatic carbocycles. The molecule has 104 valence electrons. The van der Waals surface area contributed by atoms with Crippen molar-refractivity contribution in [2.24, 2.45) is 5.41 Å². The highest BCUT2D eigenvalue weighted by atomic mass is 16.2. The van der Waals surface area contributed by atoms with Gasteiger partial charge in [0, 0.05) is 33.6 Å². The van der Waals surface area contributed by atoms with Crippen LogP contribution in [0.15, 0.2) is 0 Å². The van der Waals surface area contributed by atoms with Gasteiger partial charge in [0.1, 0.15) is 0 Å². The fraction of sp³-hybridized carbons (Fsp3) is 0.846. The lowest BCUT2D eigenvalue weighted by atomic mass is 9.81. The van der Waals surface area contributed by atoms with E-state index in [4.69, 9.17) is 0 Å². The number of rotatable bonds is 6. The van der Waals surface area contributed by atoms with Crippen LogP contribution in [0.3, 0.4) is 0 Å². The first-order chi connectivity index (χ1) is 8.55. The molecular weight excluding hydrogens is 230 g/mol. The number of hydrogen-bond donors (Lipinski definition) is 2. The van der Waals surface area contributed by atoms with Crippen LogP contribution in [-0.2, 0) is 9.59 Å². The number of hydrogen-bond acceptors (Lipinski definition) is 3. The van der Waals surface area contributed by atoms with Crippen molar-refractivity contribution >= 4 is 11.8 Å². The number of carbonyl (C=O) groups is 2. The summed E-state index contributed by atoms with van der Waals surface area (Å²) < 4.78 is 0. The van der Waals surface area contributed by atoms with E-state index in [0.717, 1.165) is 32.4 Å². The van der Waals surface area contributed by atoms with E-state index in [-0.39, 0.29) is 17.2 Å². The minimum atomic E-state index is -0.244. The van der Waals surface area contributed by atoms with Crippen LogP contribution in [0.25, 0.3) is 0 Å². The molecule has 0 aromatic heterocycles. The lowest BCUT2D eigenvalue weighted by molar-refractivity contribution is -0.140. The standard InChI is InChI=1S/C13H25N3O2/c1-4-6-13(7-8-15-10-13)12(18)16(3)9-5-11(17)14-2/h15H,4-10H2,1-3H3,(H,14,17). The van der Waals surface area contributed by atoms with Gasteiger partial charge in [0.15, 0.2) is 0 Å². The highest BCUT2D eigenvalue weighted by Crippen LogP contribution is 2.33. The molecule has 0 aliphatic carbocycles. The van der Waals surface area contributed by atoms with Crippen LogP contribution in [0.5, 0.6) is 0 Å². The quantitative estimate of drug-likeness (QED) is 0.720. The fourth-order valence-electron chi connectivity index (χ4n) is 2.63. The SMILES string of the molecule is CCCC1(C(=O)N(C)CCC(=O)NC)CCNC1. The lowest BCUT2D eigenvalue weighted by Crippen LogP contribution is -2.44. The van der Waals surface area contributed by atoms with Crippen LogP contribution in [0.1, 0.15) is 32.6 Å². The van der Waals surface area contributed by atoms with E-state index in [1.54, 1.807) is 19.0 Å². The summed E-state index contributed by atoms with van der Waals surface area (Å²) in [4.78, 5) is 25.4. The van der Waals surface area contributed by atoms with Gasteiger partial charge in [-0.15, -0.1) is 0 Å². The predicted molar refractivity (Wildman–Crippen MR) is 71.1 cm³/mol. The Morgan fingerprint density at radius 2 is 2.17 bits per heavy atom. The minimum absolute atomic E-state index is 0.0243. The van der Waals surface area contributed by atoms with Crippen molar-refractivity contribution in [1.29, 1.82) is 0 Å². The van der Waals surface area contributed by atoms with Gasteiger partial charge in [-0.25, -0.2) is 0 Å². The van der Waals surface area contributed by atoms with Crippen LogP contribution in [-0.4, -0.2) is 50.4 Å². The van der Waals surface area contributed by atoms with Crippen LogP contribution in [0.4, 0.5) is 0 Å². The highest BCUT2D eigenvalue weighted by Gasteiger charge is 2.41. The van der Waals surface area contributed by atoms with E-state index in [1.807, 2.05) is 0 Å². The maximum absolute atomic E-state index is 12.5. The number of nitrogens with one attached hydrogen (secondary N) is 2. The molecule has 0 radical (unpaired) electrons. The Morgan fingerprint density at radius 3 is 2.67 bits per heavy atom. The summed E-state index contributed by atoms with van der Waals surface area (Å²) in [7, 11) is 3.41. The minimum Gasteiger partial charge on any atom is -0.359 e. The molecular formula is C13H25N3O2. The highest BCUT2D eigenvalue weighted by molar-refractivity contribution is 5.84. The molecule has 1 atom stereocenters. The summed E-state index contributed by atoms with van der Waals surface area (Å²) in [5, 5.41) is 5.86. The van der Waals surface area contributed by atoms with Gasteiger partial charge in [-0.05, 0) is 19.4 Å². The van der Waals surface area contributed by atoms with E-state index >= 15 is 0 Å². The Bertz CT molecular complexity index is 299. The maximum atomic E-state index is 12.5. The summed E-state index contributed by atoms with van der Waals surface area (Å²) in [6, 6.07) is 0. The molecule has 2 amide bonds. The molecule has 1 fully saturated rings. The average Bonchev–Trinajstić information content (AvgIpc) is 2.84. The molecule has 1 unspecified atom stereocenters. The summed E-state index contributed by atoms with van der Waals surface area (Å²) in [6.07, 6.45) is 3.21. The Labute approximate surface area is 109 Å². The number of nitrogens with zero attached hydrogens (tertiary/aromatic N) is 1. The summed E-state index contributed by atoms with van der Waals surface area (Å²) in [6.45, 7) is 4.28. The Kier molecular flexibility index (Phi) is 5.59. The van der Waals surface area contributed by atoms with E-state index in [1.165, 1.54) is 0 Å². The third-order valence-electron chi connectivity index (χ3n) is 3.73. The van der Waals surface area contributed by atoms with Gasteiger partial charge < -0.3 is 15.5 Å². The molecule has 0 saturated carbocycles. The van der Waals surface area contributed by atoms with Gasteiger partial charge in [-0.2, -0.15) is 0 Å². The Balaban J connectivity index is 2.57. The predicted octanol–water partition coefficient (Wildman–Crippen LogP) is 0.361. The molecule has 0 aromatic rings. The first-order valence-corrected chi connectivity index (χ1v) is 6.72. The normalized spacial score (nSPS) is 22.8. The molecule has 1 rings (SSSR count). The topological polar surface area (TPSA) is 61.4 Å². The zero-order valence-corrected chi connectivity index (χ0v) is 11.7. The molecule has 1 aliphatic rings. The van der Waals surface area contributed by atoms with Crippen molar-refractivity contribution < 1.29 is 9.59 Å².